The summed E-state index contributed by atoms with van der Waals surface area (Å²) in [5.74, 6) is -0.320. The number of carbonyl (C=O) groups is 2. The second-order valence-corrected chi connectivity index (χ2v) is 9.53. The summed E-state index contributed by atoms with van der Waals surface area (Å²) in [7, 11) is 3.30. The molecular weight excluding hydrogens is 480 g/mol. The van der Waals surface area contributed by atoms with Gasteiger partial charge in [0.05, 0.1) is 11.7 Å². The molecule has 1 aromatic heterocycles. The lowest BCUT2D eigenvalue weighted by Crippen LogP contribution is -2.42. The number of carbonyl (C=O) groups excluding carboxylic acids is 1. The molecule has 2 aromatic carbocycles. The van der Waals surface area contributed by atoms with Crippen LogP contribution in [0.15, 0.2) is 65.5 Å². The van der Waals surface area contributed by atoms with Gasteiger partial charge in [0.1, 0.15) is 5.56 Å². The monoisotopic (exact) mass is 510 g/mol. The van der Waals surface area contributed by atoms with Gasteiger partial charge in [0.2, 0.25) is 0 Å². The first kappa shape index (κ1) is 27.1. The van der Waals surface area contributed by atoms with Gasteiger partial charge in [0.25, 0.3) is 17.9 Å². The van der Waals surface area contributed by atoms with E-state index in [0.29, 0.717) is 17.3 Å². The fourth-order valence-corrected chi connectivity index (χ4v) is 4.92. The number of hydrogen-bond acceptors (Lipinski definition) is 5. The normalized spacial score (nSPS) is 19.1. The van der Waals surface area contributed by atoms with Gasteiger partial charge < -0.3 is 15.7 Å². The standard InChI is InChI=1S/C26H29ClN4O2.CH2O2/c1-30(2)24(32)22-16-23(18-7-4-3-5-8-18)29-31(25(22)33)21-11-13-26(17-28,14-12-21)19-9-6-10-20(27)15-19;2-1-3/h3-10,15-16,21H,11-14,17,28H2,1-2H3;1H,(H,2,3)/t21-,26-;. The van der Waals surface area contributed by atoms with Crippen molar-refractivity contribution in [2.75, 3.05) is 20.6 Å². The highest BCUT2D eigenvalue weighted by molar-refractivity contribution is 6.30. The number of benzene rings is 2. The zero-order valence-electron chi connectivity index (χ0n) is 20.4. The molecule has 1 heterocycles. The third kappa shape index (κ3) is 5.83. The third-order valence-electron chi connectivity index (χ3n) is 6.73. The summed E-state index contributed by atoms with van der Waals surface area (Å²) < 4.78 is 1.53. The number of nitrogens with two attached hydrogens (primary N) is 1. The van der Waals surface area contributed by atoms with Crippen molar-refractivity contribution in [2.45, 2.75) is 37.1 Å². The maximum atomic E-state index is 13.4. The highest BCUT2D eigenvalue weighted by Crippen LogP contribution is 2.42. The molecule has 1 saturated carbocycles. The van der Waals surface area contributed by atoms with E-state index >= 15 is 0 Å². The predicted octanol–water partition coefficient (Wildman–Crippen LogP) is 3.98. The van der Waals surface area contributed by atoms with Crippen LogP contribution >= 0.6 is 11.6 Å². The van der Waals surface area contributed by atoms with Crippen molar-refractivity contribution in [1.82, 2.24) is 14.7 Å². The molecule has 0 spiro atoms. The Bertz CT molecular complexity index is 1250. The Balaban J connectivity index is 0.00000115. The first-order valence-electron chi connectivity index (χ1n) is 11.7. The first-order chi connectivity index (χ1) is 17.3. The summed E-state index contributed by atoms with van der Waals surface area (Å²) in [6.07, 6.45) is 3.11. The van der Waals surface area contributed by atoms with Crippen LogP contribution in [0.2, 0.25) is 5.02 Å². The van der Waals surface area contributed by atoms with Gasteiger partial charge in [-0.15, -0.1) is 0 Å². The van der Waals surface area contributed by atoms with Crippen molar-refractivity contribution in [1.29, 1.82) is 0 Å². The molecule has 1 aliphatic rings. The zero-order valence-corrected chi connectivity index (χ0v) is 21.2. The van der Waals surface area contributed by atoms with E-state index in [9.17, 15) is 9.59 Å². The lowest BCUT2D eigenvalue weighted by molar-refractivity contribution is -0.122. The second-order valence-electron chi connectivity index (χ2n) is 9.09. The summed E-state index contributed by atoms with van der Waals surface area (Å²) in [5.41, 5.74) is 8.49. The zero-order chi connectivity index (χ0) is 26.3. The Morgan fingerprint density at radius 1 is 1.17 bits per heavy atom. The van der Waals surface area contributed by atoms with Gasteiger partial charge in [-0.3, -0.25) is 14.4 Å². The Labute approximate surface area is 215 Å². The average Bonchev–Trinajstić information content (AvgIpc) is 2.89. The van der Waals surface area contributed by atoms with Crippen LogP contribution in [0.1, 0.15) is 47.6 Å². The maximum Gasteiger partial charge on any atom is 0.290 e. The van der Waals surface area contributed by atoms with Gasteiger partial charge in [-0.05, 0) is 49.4 Å². The summed E-state index contributed by atoms with van der Waals surface area (Å²) in [6, 6.07) is 19.0. The van der Waals surface area contributed by atoms with Gasteiger partial charge in [-0.2, -0.15) is 5.10 Å². The van der Waals surface area contributed by atoms with Gasteiger partial charge >= 0.3 is 0 Å². The van der Waals surface area contributed by atoms with Crippen LogP contribution < -0.4 is 11.3 Å². The molecule has 0 unspecified atom stereocenters. The van der Waals surface area contributed by atoms with E-state index in [1.54, 1.807) is 20.2 Å². The summed E-state index contributed by atoms with van der Waals surface area (Å²) in [4.78, 5) is 35.9. The number of nitrogens with zero attached hydrogens (tertiary/aromatic N) is 3. The molecule has 0 atom stereocenters. The summed E-state index contributed by atoms with van der Waals surface area (Å²) in [6.45, 7) is 0.261. The van der Waals surface area contributed by atoms with Crippen LogP contribution in [0, 0.1) is 0 Å². The van der Waals surface area contributed by atoms with E-state index in [2.05, 4.69) is 6.07 Å². The van der Waals surface area contributed by atoms with E-state index in [0.717, 1.165) is 36.8 Å². The molecule has 190 valence electrons. The maximum absolute atomic E-state index is 13.4. The Morgan fingerprint density at radius 3 is 2.36 bits per heavy atom. The fraction of sp³-hybridized carbons (Fsp3) is 0.333. The van der Waals surface area contributed by atoms with Crippen LogP contribution in [0.4, 0.5) is 0 Å². The van der Waals surface area contributed by atoms with Gasteiger partial charge in [-0.1, -0.05) is 54.1 Å². The highest BCUT2D eigenvalue weighted by atomic mass is 35.5. The van der Waals surface area contributed by atoms with E-state index in [-0.39, 0.29) is 35.0 Å². The van der Waals surface area contributed by atoms with Gasteiger partial charge in [-0.25, -0.2) is 4.68 Å². The molecule has 0 saturated heterocycles. The van der Waals surface area contributed by atoms with E-state index in [4.69, 9.17) is 32.3 Å². The number of hydrogen-bond donors (Lipinski definition) is 2. The third-order valence-corrected chi connectivity index (χ3v) is 6.96. The number of halogens is 1. The Morgan fingerprint density at radius 2 is 1.81 bits per heavy atom. The number of amides is 1. The lowest BCUT2D eigenvalue weighted by atomic mass is 9.68. The quantitative estimate of drug-likeness (QED) is 0.501. The van der Waals surface area contributed by atoms with Crippen LogP contribution in [0.3, 0.4) is 0 Å². The van der Waals surface area contributed by atoms with Gasteiger partial charge in [0.15, 0.2) is 0 Å². The first-order valence-corrected chi connectivity index (χ1v) is 12.1. The summed E-state index contributed by atoms with van der Waals surface area (Å²) in [5, 5.41) is 12.3. The number of rotatable bonds is 5. The van der Waals surface area contributed by atoms with Crippen molar-refractivity contribution in [2.24, 2.45) is 5.73 Å². The molecule has 0 radical (unpaired) electrons. The molecule has 36 heavy (non-hydrogen) atoms. The number of aromatic nitrogens is 2. The minimum Gasteiger partial charge on any atom is -0.483 e. The molecule has 4 rings (SSSR count). The van der Waals surface area contributed by atoms with Crippen molar-refractivity contribution < 1.29 is 14.7 Å². The Hall–Kier alpha value is -3.49. The minimum absolute atomic E-state index is 0.103. The largest absolute Gasteiger partial charge is 0.483 e. The molecule has 0 bridgehead atoms. The van der Waals surface area contributed by atoms with Crippen molar-refractivity contribution >= 4 is 24.0 Å². The van der Waals surface area contributed by atoms with Crippen molar-refractivity contribution in [3.63, 3.8) is 0 Å². The molecular formula is C27H31ClN4O4. The fourth-order valence-electron chi connectivity index (χ4n) is 4.73. The van der Waals surface area contributed by atoms with E-state index in [1.165, 1.54) is 9.58 Å². The molecule has 3 aromatic rings. The average molecular weight is 511 g/mol. The van der Waals surface area contributed by atoms with Crippen molar-refractivity contribution in [3.8, 4) is 11.3 Å². The van der Waals surface area contributed by atoms with Gasteiger partial charge in [0, 0.05) is 36.6 Å². The van der Waals surface area contributed by atoms with E-state index in [1.807, 2.05) is 48.5 Å². The predicted molar refractivity (Wildman–Crippen MR) is 140 cm³/mol. The molecule has 9 heteroatoms. The highest BCUT2D eigenvalue weighted by Gasteiger charge is 2.37. The van der Waals surface area contributed by atoms with Crippen LogP contribution in [0.5, 0.6) is 0 Å². The smallest absolute Gasteiger partial charge is 0.290 e. The lowest BCUT2D eigenvalue weighted by Gasteiger charge is -2.40. The van der Waals surface area contributed by atoms with E-state index < -0.39 is 0 Å². The molecule has 3 N–H and O–H groups in total. The van der Waals surface area contributed by atoms with Crippen LogP contribution in [-0.4, -0.2) is 52.8 Å². The molecule has 1 aliphatic carbocycles. The molecule has 1 amide bonds. The number of carboxylic acid groups (broad SMARTS) is 1. The van der Waals surface area contributed by atoms with Crippen molar-refractivity contribution in [3.05, 3.63) is 87.2 Å². The van der Waals surface area contributed by atoms with Crippen LogP contribution in [-0.2, 0) is 10.2 Å². The SMILES string of the molecule is CN(C)C(=O)c1cc(-c2ccccc2)nn([C@H]2CC[C@](CN)(c3cccc(Cl)c3)CC2)c1=O.O=CO. The summed E-state index contributed by atoms with van der Waals surface area (Å²) >= 11 is 6.24. The topological polar surface area (TPSA) is 119 Å². The molecule has 0 aliphatic heterocycles. The van der Waals surface area contributed by atoms with Crippen LogP contribution in [0.25, 0.3) is 11.3 Å². The molecule has 1 fully saturated rings. The molecule has 8 nitrogen and oxygen atoms in total. The Kier molecular flexibility index (Phi) is 9.01. The second kappa shape index (κ2) is 12.0. The minimum atomic E-state index is -0.346.